The summed E-state index contributed by atoms with van der Waals surface area (Å²) in [6, 6.07) is 0.761. The highest BCUT2D eigenvalue weighted by Gasteiger charge is 2.19. The molecule has 1 aromatic rings. The van der Waals surface area contributed by atoms with Gasteiger partial charge in [0.15, 0.2) is 0 Å². The average Bonchev–Trinajstić information content (AvgIpc) is 2.31. The normalized spacial score (nSPS) is 12.9. The second kappa shape index (κ2) is 6.05. The number of hydrogen-bond acceptors (Lipinski definition) is 3. The summed E-state index contributed by atoms with van der Waals surface area (Å²) in [6.07, 6.45) is 7.12. The van der Waals surface area contributed by atoms with Crippen molar-refractivity contribution in [3.8, 4) is 12.3 Å². The van der Waals surface area contributed by atoms with E-state index in [1.165, 1.54) is 0 Å². The molecule has 0 spiro atoms. The summed E-state index contributed by atoms with van der Waals surface area (Å²) in [6.45, 7) is 1.82. The van der Waals surface area contributed by atoms with E-state index >= 15 is 0 Å². The van der Waals surface area contributed by atoms with Crippen LogP contribution in [0.4, 0.5) is 0 Å². The van der Waals surface area contributed by atoms with Crippen molar-refractivity contribution in [1.82, 2.24) is 9.71 Å². The average molecular weight is 289 g/mol. The van der Waals surface area contributed by atoms with E-state index in [4.69, 9.17) is 18.0 Å². The van der Waals surface area contributed by atoms with Crippen LogP contribution in [0.2, 0.25) is 5.02 Å². The van der Waals surface area contributed by atoms with Crippen molar-refractivity contribution in [3.63, 3.8) is 0 Å². The van der Waals surface area contributed by atoms with Gasteiger partial charge in [-0.15, -0.1) is 12.3 Å². The number of nitrogens with one attached hydrogen (secondary N) is 2. The second-order valence-electron chi connectivity index (χ2n) is 3.65. The quantitative estimate of drug-likeness (QED) is 0.797. The molecule has 1 aromatic heterocycles. The van der Waals surface area contributed by atoms with Crippen LogP contribution in [-0.2, 0) is 10.0 Å². The first-order valence-electron chi connectivity index (χ1n) is 5.24. The molecule has 5 nitrogen and oxygen atoms in total. The number of aromatic nitrogens is 1. The van der Waals surface area contributed by atoms with Gasteiger partial charge in [-0.25, -0.2) is 13.1 Å². The fourth-order valence-corrected chi connectivity index (χ4v) is 2.84. The topological polar surface area (TPSA) is 79.0 Å². The smallest absolute Gasteiger partial charge is 0.266 e. The Balaban J connectivity index is 3.03. The molecule has 1 rings (SSSR count). The van der Waals surface area contributed by atoms with Crippen molar-refractivity contribution >= 4 is 21.6 Å². The molecule has 0 amide bonds. The number of pyridine rings is 1. The minimum absolute atomic E-state index is 0.0948. The van der Waals surface area contributed by atoms with Gasteiger partial charge >= 0.3 is 0 Å². The summed E-state index contributed by atoms with van der Waals surface area (Å²) in [7, 11) is -3.73. The zero-order valence-electron chi connectivity index (χ0n) is 9.73. The van der Waals surface area contributed by atoms with Crippen LogP contribution in [0.15, 0.2) is 22.0 Å². The van der Waals surface area contributed by atoms with Crippen LogP contribution in [0.1, 0.15) is 19.8 Å². The number of rotatable bonds is 5. The Labute approximate surface area is 111 Å². The van der Waals surface area contributed by atoms with Gasteiger partial charge in [0.25, 0.3) is 5.56 Å². The molecule has 0 aliphatic heterocycles. The molecule has 0 saturated carbocycles. The van der Waals surface area contributed by atoms with Gasteiger partial charge in [0.1, 0.15) is 5.02 Å². The molecule has 1 heterocycles. The van der Waals surface area contributed by atoms with E-state index < -0.39 is 15.6 Å². The molecule has 2 N–H and O–H groups in total. The lowest BCUT2D eigenvalue weighted by Crippen LogP contribution is -2.34. The molecular weight excluding hydrogens is 276 g/mol. The van der Waals surface area contributed by atoms with Crippen molar-refractivity contribution < 1.29 is 8.42 Å². The van der Waals surface area contributed by atoms with Gasteiger partial charge in [0.05, 0.1) is 4.90 Å². The predicted molar refractivity (Wildman–Crippen MR) is 69.9 cm³/mol. The zero-order chi connectivity index (χ0) is 13.8. The van der Waals surface area contributed by atoms with E-state index in [0.717, 1.165) is 12.3 Å². The molecular formula is C11H13ClN2O3S. The summed E-state index contributed by atoms with van der Waals surface area (Å²) in [5.74, 6) is 2.40. The van der Waals surface area contributed by atoms with E-state index in [1.54, 1.807) is 0 Å². The van der Waals surface area contributed by atoms with Crippen molar-refractivity contribution in [3.05, 3.63) is 27.6 Å². The maximum absolute atomic E-state index is 12.0. The molecule has 98 valence electrons. The van der Waals surface area contributed by atoms with Crippen LogP contribution >= 0.6 is 11.6 Å². The van der Waals surface area contributed by atoms with Crippen LogP contribution in [0, 0.1) is 12.3 Å². The van der Waals surface area contributed by atoms with Crippen molar-refractivity contribution in [2.75, 3.05) is 0 Å². The highest BCUT2D eigenvalue weighted by atomic mass is 35.5. The number of aromatic amines is 1. The van der Waals surface area contributed by atoms with Crippen molar-refractivity contribution in [2.45, 2.75) is 30.7 Å². The maximum Gasteiger partial charge on any atom is 0.266 e. The number of halogens is 1. The first-order chi connectivity index (χ1) is 8.40. The molecule has 1 atom stereocenters. The summed E-state index contributed by atoms with van der Waals surface area (Å²) in [5, 5.41) is -0.178. The monoisotopic (exact) mass is 288 g/mol. The number of sulfonamides is 1. The van der Waals surface area contributed by atoms with Gasteiger partial charge < -0.3 is 4.98 Å². The van der Waals surface area contributed by atoms with Crippen molar-refractivity contribution in [2.24, 2.45) is 0 Å². The van der Waals surface area contributed by atoms with E-state index in [-0.39, 0.29) is 16.0 Å². The standard InChI is InChI=1S/C11H13ClN2O3S/c1-3-5-8(4-2)14-18(16,17)9-6-10(12)11(15)13-7-9/h1,6-8,14H,4-5H2,2H3,(H,13,15). The van der Waals surface area contributed by atoms with Crippen LogP contribution in [0.3, 0.4) is 0 Å². The van der Waals surface area contributed by atoms with E-state index in [2.05, 4.69) is 15.6 Å². The Morgan fingerprint density at radius 1 is 1.61 bits per heavy atom. The lowest BCUT2D eigenvalue weighted by molar-refractivity contribution is 0.543. The minimum Gasteiger partial charge on any atom is -0.326 e. The third-order valence-electron chi connectivity index (χ3n) is 2.32. The molecule has 1 unspecified atom stereocenters. The third kappa shape index (κ3) is 3.60. The van der Waals surface area contributed by atoms with Crippen LogP contribution in [0.25, 0.3) is 0 Å². The molecule has 0 fully saturated rings. The van der Waals surface area contributed by atoms with Crippen LogP contribution in [-0.4, -0.2) is 19.4 Å². The molecule has 7 heteroatoms. The van der Waals surface area contributed by atoms with E-state index in [9.17, 15) is 13.2 Å². The molecule has 0 saturated heterocycles. The Bertz CT molecular complexity index is 616. The van der Waals surface area contributed by atoms with Gasteiger partial charge in [-0.2, -0.15) is 0 Å². The molecule has 0 aromatic carbocycles. The fraction of sp³-hybridized carbons (Fsp3) is 0.364. The Morgan fingerprint density at radius 2 is 2.28 bits per heavy atom. The summed E-state index contributed by atoms with van der Waals surface area (Å²) in [4.78, 5) is 13.2. The first-order valence-corrected chi connectivity index (χ1v) is 7.11. The molecule has 0 radical (unpaired) electrons. The largest absolute Gasteiger partial charge is 0.326 e. The van der Waals surface area contributed by atoms with Gasteiger partial charge in [0, 0.05) is 18.7 Å². The SMILES string of the molecule is C#CCC(CC)NS(=O)(=O)c1c[nH]c(=O)c(Cl)c1. The first kappa shape index (κ1) is 14.8. The van der Waals surface area contributed by atoms with E-state index in [1.807, 2.05) is 6.92 Å². The van der Waals surface area contributed by atoms with Gasteiger partial charge in [-0.05, 0) is 12.5 Å². The number of hydrogen-bond donors (Lipinski definition) is 2. The van der Waals surface area contributed by atoms with Crippen molar-refractivity contribution in [1.29, 1.82) is 0 Å². The van der Waals surface area contributed by atoms with E-state index in [0.29, 0.717) is 12.8 Å². The summed E-state index contributed by atoms with van der Waals surface area (Å²) in [5.41, 5.74) is -0.536. The Morgan fingerprint density at radius 3 is 2.78 bits per heavy atom. The number of H-pyrrole nitrogens is 1. The summed E-state index contributed by atoms with van der Waals surface area (Å²) >= 11 is 5.58. The maximum atomic E-state index is 12.0. The van der Waals surface area contributed by atoms with Gasteiger partial charge in [0.2, 0.25) is 10.0 Å². The zero-order valence-corrected chi connectivity index (χ0v) is 11.3. The Hall–Kier alpha value is -1.29. The van der Waals surface area contributed by atoms with Crippen LogP contribution in [0.5, 0.6) is 0 Å². The number of terminal acetylenes is 1. The lowest BCUT2D eigenvalue weighted by atomic mass is 10.2. The molecule has 18 heavy (non-hydrogen) atoms. The van der Waals surface area contributed by atoms with Gasteiger partial charge in [-0.1, -0.05) is 18.5 Å². The molecule has 0 aliphatic carbocycles. The molecule has 0 bridgehead atoms. The highest BCUT2D eigenvalue weighted by molar-refractivity contribution is 7.89. The van der Waals surface area contributed by atoms with Gasteiger partial charge in [-0.3, -0.25) is 4.79 Å². The second-order valence-corrected chi connectivity index (χ2v) is 5.77. The minimum atomic E-state index is -3.73. The fourth-order valence-electron chi connectivity index (χ4n) is 1.29. The molecule has 0 aliphatic rings. The lowest BCUT2D eigenvalue weighted by Gasteiger charge is -2.14. The predicted octanol–water partition coefficient (Wildman–Crippen LogP) is 1.11. The summed E-state index contributed by atoms with van der Waals surface area (Å²) < 4.78 is 26.4. The highest BCUT2D eigenvalue weighted by Crippen LogP contribution is 2.12. The third-order valence-corrected chi connectivity index (χ3v) is 4.10. The van der Waals surface area contributed by atoms with Crippen LogP contribution < -0.4 is 10.3 Å². The Kier molecular flexibility index (Phi) is 4.96.